The first kappa shape index (κ1) is 17.0. The lowest BCUT2D eigenvalue weighted by molar-refractivity contribution is -0.137. The number of rotatable bonds is 3. The highest BCUT2D eigenvalue weighted by Crippen LogP contribution is 2.19. The van der Waals surface area contributed by atoms with E-state index in [1.165, 1.54) is 0 Å². The Kier molecular flexibility index (Phi) is 4.62. The van der Waals surface area contributed by atoms with Crippen molar-refractivity contribution in [3.8, 4) is 6.07 Å². The summed E-state index contributed by atoms with van der Waals surface area (Å²) in [5.74, 6) is 0.290. The molecule has 7 nitrogen and oxygen atoms in total. The van der Waals surface area contributed by atoms with E-state index < -0.39 is 0 Å². The van der Waals surface area contributed by atoms with Gasteiger partial charge in [-0.05, 0) is 38.6 Å². The average molecular weight is 352 g/mol. The number of amides is 1. The second-order valence-corrected chi connectivity index (χ2v) is 7.25. The van der Waals surface area contributed by atoms with E-state index in [1.807, 2.05) is 34.8 Å². The number of nitriles is 1. The van der Waals surface area contributed by atoms with Gasteiger partial charge in [0.2, 0.25) is 5.91 Å². The van der Waals surface area contributed by atoms with Crippen molar-refractivity contribution < 1.29 is 4.79 Å². The maximum absolute atomic E-state index is 12.7. The number of hydrogen-bond donors (Lipinski definition) is 0. The van der Waals surface area contributed by atoms with Crippen molar-refractivity contribution in [3.63, 3.8) is 0 Å². The third kappa shape index (κ3) is 3.18. The molecule has 4 rings (SSSR count). The zero-order valence-electron chi connectivity index (χ0n) is 15.1. The van der Waals surface area contributed by atoms with E-state index in [1.54, 1.807) is 6.07 Å². The monoisotopic (exact) mass is 352 g/mol. The lowest BCUT2D eigenvalue weighted by Crippen LogP contribution is -2.52. The van der Waals surface area contributed by atoms with E-state index in [2.05, 4.69) is 20.9 Å². The van der Waals surface area contributed by atoms with E-state index in [-0.39, 0.29) is 11.9 Å². The van der Waals surface area contributed by atoms with Crippen LogP contribution in [-0.2, 0) is 11.3 Å². The van der Waals surface area contributed by atoms with E-state index in [4.69, 9.17) is 5.26 Å². The van der Waals surface area contributed by atoms with Gasteiger partial charge in [0.15, 0.2) is 0 Å². The largest absolute Gasteiger partial charge is 0.339 e. The van der Waals surface area contributed by atoms with Gasteiger partial charge in [0.1, 0.15) is 11.7 Å². The van der Waals surface area contributed by atoms with Gasteiger partial charge in [-0.25, -0.2) is 4.98 Å². The van der Waals surface area contributed by atoms with Crippen molar-refractivity contribution in [2.75, 3.05) is 39.8 Å². The van der Waals surface area contributed by atoms with Crippen LogP contribution in [0.1, 0.15) is 24.1 Å². The number of likely N-dealkylation sites (tertiary alicyclic amines) is 1. The quantitative estimate of drug-likeness (QED) is 0.823. The number of carbonyl (C=O) groups excluding carboxylic acids is 1. The summed E-state index contributed by atoms with van der Waals surface area (Å²) >= 11 is 0. The van der Waals surface area contributed by atoms with Gasteiger partial charge in [-0.1, -0.05) is 0 Å². The first-order valence-electron chi connectivity index (χ1n) is 9.23. The molecule has 1 atom stereocenters. The van der Waals surface area contributed by atoms with Crippen LogP contribution in [0.25, 0.3) is 5.65 Å². The Labute approximate surface area is 153 Å². The number of hydrogen-bond acceptors (Lipinski definition) is 5. The molecule has 0 spiro atoms. The summed E-state index contributed by atoms with van der Waals surface area (Å²) in [6, 6.07) is 5.91. The third-order valence-electron chi connectivity index (χ3n) is 5.59. The molecule has 0 saturated carbocycles. The van der Waals surface area contributed by atoms with Gasteiger partial charge in [-0.2, -0.15) is 5.26 Å². The van der Waals surface area contributed by atoms with E-state index in [0.717, 1.165) is 63.5 Å². The number of likely N-dealkylation sites (N-methyl/N-ethyl adjacent to an activating group) is 1. The first-order valence-corrected chi connectivity index (χ1v) is 9.23. The van der Waals surface area contributed by atoms with Gasteiger partial charge < -0.3 is 9.30 Å². The van der Waals surface area contributed by atoms with E-state index in [9.17, 15) is 4.79 Å². The fraction of sp³-hybridized carbons (Fsp3) is 0.526. The molecular weight excluding hydrogens is 328 g/mol. The Hall–Kier alpha value is -2.43. The Morgan fingerprint density at radius 2 is 2.08 bits per heavy atom. The molecule has 0 radical (unpaired) electrons. The van der Waals surface area contributed by atoms with Gasteiger partial charge in [0.05, 0.1) is 23.5 Å². The summed E-state index contributed by atoms with van der Waals surface area (Å²) < 4.78 is 1.99. The zero-order chi connectivity index (χ0) is 18.1. The fourth-order valence-electron chi connectivity index (χ4n) is 4.00. The van der Waals surface area contributed by atoms with Crippen LogP contribution in [0.3, 0.4) is 0 Å². The average Bonchev–Trinajstić information content (AvgIpc) is 3.27. The molecule has 136 valence electrons. The van der Waals surface area contributed by atoms with Crippen molar-refractivity contribution in [3.05, 3.63) is 35.8 Å². The fourth-order valence-corrected chi connectivity index (χ4v) is 4.00. The minimum Gasteiger partial charge on any atom is -0.339 e. The number of aromatic nitrogens is 2. The van der Waals surface area contributed by atoms with Crippen LogP contribution in [0.2, 0.25) is 0 Å². The summed E-state index contributed by atoms with van der Waals surface area (Å²) in [6.07, 6.45) is 5.82. The Bertz CT molecular complexity index is 845. The lowest BCUT2D eigenvalue weighted by atomic mass is 10.1. The molecule has 2 saturated heterocycles. The first-order chi connectivity index (χ1) is 12.7. The predicted octanol–water partition coefficient (Wildman–Crippen LogP) is 0.944. The minimum absolute atomic E-state index is 0.0738. The molecule has 2 aliphatic rings. The van der Waals surface area contributed by atoms with Crippen LogP contribution in [-0.4, -0.2) is 75.8 Å². The van der Waals surface area contributed by atoms with Crippen LogP contribution in [0.15, 0.2) is 24.5 Å². The summed E-state index contributed by atoms with van der Waals surface area (Å²) in [7, 11) is 2.05. The van der Waals surface area contributed by atoms with Crippen molar-refractivity contribution >= 4 is 11.6 Å². The lowest BCUT2D eigenvalue weighted by Gasteiger charge is -2.36. The highest BCUT2D eigenvalue weighted by atomic mass is 16.2. The molecule has 2 aliphatic heterocycles. The second kappa shape index (κ2) is 7.06. The molecule has 2 aromatic rings. The van der Waals surface area contributed by atoms with Crippen LogP contribution in [0.5, 0.6) is 0 Å². The van der Waals surface area contributed by atoms with Gasteiger partial charge in [0, 0.05) is 38.9 Å². The van der Waals surface area contributed by atoms with E-state index >= 15 is 0 Å². The number of carbonyl (C=O) groups is 1. The van der Waals surface area contributed by atoms with Crippen LogP contribution in [0, 0.1) is 11.3 Å². The highest BCUT2D eigenvalue weighted by molar-refractivity contribution is 5.82. The summed E-state index contributed by atoms with van der Waals surface area (Å²) in [4.78, 5) is 23.7. The van der Waals surface area contributed by atoms with Crippen molar-refractivity contribution in [2.24, 2.45) is 0 Å². The summed E-state index contributed by atoms with van der Waals surface area (Å²) in [5.41, 5.74) is 2.57. The predicted molar refractivity (Wildman–Crippen MR) is 97.4 cm³/mol. The Morgan fingerprint density at radius 1 is 1.27 bits per heavy atom. The molecule has 0 bridgehead atoms. The molecule has 4 heterocycles. The molecule has 26 heavy (non-hydrogen) atoms. The zero-order valence-corrected chi connectivity index (χ0v) is 15.1. The number of imidazole rings is 1. The van der Waals surface area contributed by atoms with E-state index in [0.29, 0.717) is 5.56 Å². The summed E-state index contributed by atoms with van der Waals surface area (Å²) in [6.45, 7) is 5.10. The molecule has 0 aliphatic carbocycles. The van der Waals surface area contributed by atoms with Crippen LogP contribution >= 0.6 is 0 Å². The standard InChI is InChI=1S/C19H24N6O/c1-22-6-2-3-17(22)19(26)24-9-7-23(8-10-24)14-16-12-21-18-5-4-15(11-20)13-25(16)18/h4-5,12-13,17H,2-3,6-10,14H2,1H3. The normalized spacial score (nSPS) is 22.0. The van der Waals surface area contributed by atoms with Crippen molar-refractivity contribution in [2.45, 2.75) is 25.4 Å². The smallest absolute Gasteiger partial charge is 0.240 e. The maximum atomic E-state index is 12.7. The number of pyridine rings is 1. The van der Waals surface area contributed by atoms with Gasteiger partial charge in [0.25, 0.3) is 0 Å². The molecule has 2 aromatic heterocycles. The number of nitrogens with zero attached hydrogens (tertiary/aromatic N) is 6. The molecule has 1 amide bonds. The molecule has 0 N–H and O–H groups in total. The highest BCUT2D eigenvalue weighted by Gasteiger charge is 2.32. The molecule has 1 unspecified atom stereocenters. The third-order valence-corrected chi connectivity index (χ3v) is 5.59. The van der Waals surface area contributed by atoms with Crippen LogP contribution < -0.4 is 0 Å². The minimum atomic E-state index is 0.0738. The molecule has 0 aromatic carbocycles. The Morgan fingerprint density at radius 3 is 2.77 bits per heavy atom. The maximum Gasteiger partial charge on any atom is 0.240 e. The van der Waals surface area contributed by atoms with Crippen molar-refractivity contribution in [1.82, 2.24) is 24.1 Å². The Balaban J connectivity index is 1.38. The number of piperazine rings is 1. The summed E-state index contributed by atoms with van der Waals surface area (Å²) in [5, 5.41) is 9.10. The molecule has 2 fully saturated rings. The molecular formula is C19H24N6O. The number of fused-ring (bicyclic) bond motifs is 1. The topological polar surface area (TPSA) is 67.9 Å². The van der Waals surface area contributed by atoms with Gasteiger partial charge in [-0.15, -0.1) is 0 Å². The van der Waals surface area contributed by atoms with Crippen LogP contribution in [0.4, 0.5) is 0 Å². The van der Waals surface area contributed by atoms with Gasteiger partial charge in [-0.3, -0.25) is 14.6 Å². The second-order valence-electron chi connectivity index (χ2n) is 7.25. The molecule has 7 heteroatoms. The van der Waals surface area contributed by atoms with Gasteiger partial charge >= 0.3 is 0 Å². The van der Waals surface area contributed by atoms with Crippen molar-refractivity contribution in [1.29, 1.82) is 5.26 Å². The SMILES string of the molecule is CN1CCCC1C(=O)N1CCN(Cc2cnc3ccc(C#N)cn23)CC1.